The van der Waals surface area contributed by atoms with Crippen molar-refractivity contribution in [3.8, 4) is 0 Å². The minimum Gasteiger partial charge on any atom is -0.399 e. The molecule has 0 aromatic heterocycles. The van der Waals surface area contributed by atoms with Crippen LogP contribution in [0.5, 0.6) is 0 Å². The van der Waals surface area contributed by atoms with Gasteiger partial charge in [0.05, 0.1) is 11.2 Å². The van der Waals surface area contributed by atoms with Gasteiger partial charge in [0.2, 0.25) is 0 Å². The Bertz CT molecular complexity index is 552. The molecule has 2 heterocycles. The molecule has 5 heteroatoms. The number of rotatable bonds is 4. The molecule has 0 bridgehead atoms. The summed E-state index contributed by atoms with van der Waals surface area (Å²) in [6.45, 7) is 11.7. The van der Waals surface area contributed by atoms with Gasteiger partial charge in [0.1, 0.15) is 0 Å². The standard InChI is InChI=1S/C19H31BN2O2/c1-18(2)19(3,4)24-20(23-18)16-8-6-7-15(13-16)14-21-17-9-11-22(5)12-10-17/h6-8,13,17,21H,9-12,14H2,1-5H3. The first-order valence-electron chi connectivity index (χ1n) is 9.13. The number of benzene rings is 1. The van der Waals surface area contributed by atoms with E-state index in [1.807, 2.05) is 0 Å². The summed E-state index contributed by atoms with van der Waals surface area (Å²) in [5.74, 6) is 0. The molecule has 0 atom stereocenters. The molecule has 1 aromatic carbocycles. The van der Waals surface area contributed by atoms with Gasteiger partial charge in [0.15, 0.2) is 0 Å². The van der Waals surface area contributed by atoms with Gasteiger partial charge < -0.3 is 19.5 Å². The maximum Gasteiger partial charge on any atom is 0.494 e. The van der Waals surface area contributed by atoms with Crippen LogP contribution in [0.3, 0.4) is 0 Å². The first-order chi connectivity index (χ1) is 11.3. The van der Waals surface area contributed by atoms with E-state index < -0.39 is 0 Å². The van der Waals surface area contributed by atoms with E-state index in [0.29, 0.717) is 6.04 Å². The summed E-state index contributed by atoms with van der Waals surface area (Å²) in [5, 5.41) is 3.70. The molecule has 0 aliphatic carbocycles. The fourth-order valence-corrected chi connectivity index (χ4v) is 3.30. The third kappa shape index (κ3) is 3.85. The van der Waals surface area contributed by atoms with Crippen LogP contribution in [-0.4, -0.2) is 49.4 Å². The van der Waals surface area contributed by atoms with Gasteiger partial charge in [-0.05, 0) is 71.7 Å². The molecule has 24 heavy (non-hydrogen) atoms. The largest absolute Gasteiger partial charge is 0.494 e. The van der Waals surface area contributed by atoms with Crippen molar-refractivity contribution in [2.24, 2.45) is 0 Å². The van der Waals surface area contributed by atoms with E-state index in [9.17, 15) is 0 Å². The van der Waals surface area contributed by atoms with Crippen LogP contribution in [0.2, 0.25) is 0 Å². The van der Waals surface area contributed by atoms with Crippen molar-refractivity contribution in [2.45, 2.75) is 64.3 Å². The molecule has 2 fully saturated rings. The van der Waals surface area contributed by atoms with Crippen LogP contribution in [-0.2, 0) is 15.9 Å². The summed E-state index contributed by atoms with van der Waals surface area (Å²) >= 11 is 0. The second-order valence-corrected chi connectivity index (χ2v) is 8.29. The summed E-state index contributed by atoms with van der Waals surface area (Å²) < 4.78 is 12.3. The van der Waals surface area contributed by atoms with E-state index in [2.05, 4.69) is 69.2 Å². The number of hydrogen-bond donors (Lipinski definition) is 1. The smallest absolute Gasteiger partial charge is 0.399 e. The van der Waals surface area contributed by atoms with Gasteiger partial charge in [-0.15, -0.1) is 0 Å². The Balaban J connectivity index is 1.61. The summed E-state index contributed by atoms with van der Waals surface area (Å²) in [7, 11) is 1.92. The molecule has 0 unspecified atom stereocenters. The van der Waals surface area contributed by atoms with Gasteiger partial charge >= 0.3 is 7.12 Å². The van der Waals surface area contributed by atoms with Gasteiger partial charge in [-0.2, -0.15) is 0 Å². The third-order valence-corrected chi connectivity index (χ3v) is 5.79. The van der Waals surface area contributed by atoms with E-state index in [0.717, 1.165) is 12.0 Å². The average Bonchev–Trinajstić information content (AvgIpc) is 2.75. The minimum absolute atomic E-state index is 0.279. The highest BCUT2D eigenvalue weighted by atomic mass is 16.7. The first kappa shape index (κ1) is 17.9. The average molecular weight is 330 g/mol. The second-order valence-electron chi connectivity index (χ2n) is 8.29. The molecule has 0 spiro atoms. The predicted molar refractivity (Wildman–Crippen MR) is 99.5 cm³/mol. The predicted octanol–water partition coefficient (Wildman–Crippen LogP) is 2.17. The van der Waals surface area contributed by atoms with Crippen LogP contribution in [0.4, 0.5) is 0 Å². The van der Waals surface area contributed by atoms with E-state index in [-0.39, 0.29) is 18.3 Å². The molecule has 0 radical (unpaired) electrons. The summed E-state index contributed by atoms with van der Waals surface area (Å²) in [6.07, 6.45) is 2.46. The Morgan fingerprint density at radius 3 is 2.38 bits per heavy atom. The van der Waals surface area contributed by atoms with Crippen LogP contribution in [0.25, 0.3) is 0 Å². The lowest BCUT2D eigenvalue weighted by molar-refractivity contribution is 0.00578. The Morgan fingerprint density at radius 1 is 1.12 bits per heavy atom. The Hall–Kier alpha value is -0.875. The zero-order valence-electron chi connectivity index (χ0n) is 15.8. The van der Waals surface area contributed by atoms with E-state index in [4.69, 9.17) is 9.31 Å². The normalized spacial score (nSPS) is 24.5. The maximum atomic E-state index is 6.16. The SMILES string of the molecule is CN1CCC(NCc2cccc(B3OC(C)(C)C(C)(C)O3)c2)CC1. The third-order valence-electron chi connectivity index (χ3n) is 5.79. The quantitative estimate of drug-likeness (QED) is 0.858. The second kappa shape index (κ2) is 6.79. The number of likely N-dealkylation sites (tertiary alicyclic amines) is 1. The lowest BCUT2D eigenvalue weighted by Gasteiger charge is -2.32. The van der Waals surface area contributed by atoms with Crippen LogP contribution in [0, 0.1) is 0 Å². The highest BCUT2D eigenvalue weighted by Crippen LogP contribution is 2.36. The van der Waals surface area contributed by atoms with Crippen molar-refractivity contribution < 1.29 is 9.31 Å². The van der Waals surface area contributed by atoms with Gasteiger partial charge in [-0.25, -0.2) is 0 Å². The van der Waals surface area contributed by atoms with Crippen molar-refractivity contribution in [2.75, 3.05) is 20.1 Å². The van der Waals surface area contributed by atoms with E-state index in [1.165, 1.54) is 31.5 Å². The van der Waals surface area contributed by atoms with Crippen molar-refractivity contribution in [1.29, 1.82) is 0 Å². The topological polar surface area (TPSA) is 33.7 Å². The monoisotopic (exact) mass is 330 g/mol. The van der Waals surface area contributed by atoms with Crippen LogP contribution in [0.1, 0.15) is 46.1 Å². The molecule has 2 aliphatic rings. The van der Waals surface area contributed by atoms with Crippen molar-refractivity contribution >= 4 is 12.6 Å². The number of hydrogen-bond acceptors (Lipinski definition) is 4. The molecular formula is C19H31BN2O2. The Kier molecular flexibility index (Phi) is 5.08. The molecule has 2 aliphatic heterocycles. The van der Waals surface area contributed by atoms with Crippen LogP contribution >= 0.6 is 0 Å². The molecule has 1 N–H and O–H groups in total. The summed E-state index contributed by atoms with van der Waals surface area (Å²) in [6, 6.07) is 9.22. The molecule has 132 valence electrons. The highest BCUT2D eigenvalue weighted by Gasteiger charge is 2.51. The zero-order chi connectivity index (χ0) is 17.4. The van der Waals surface area contributed by atoms with Gasteiger partial charge in [-0.3, -0.25) is 0 Å². The Morgan fingerprint density at radius 2 is 1.75 bits per heavy atom. The lowest BCUT2D eigenvalue weighted by atomic mass is 9.78. The molecule has 1 aromatic rings. The van der Waals surface area contributed by atoms with Crippen LogP contribution < -0.4 is 10.8 Å². The fraction of sp³-hybridized carbons (Fsp3) is 0.684. The van der Waals surface area contributed by atoms with Gasteiger partial charge in [0, 0.05) is 12.6 Å². The Labute approximate surface area is 147 Å². The molecular weight excluding hydrogens is 299 g/mol. The molecule has 0 saturated carbocycles. The van der Waals surface area contributed by atoms with Crippen molar-refractivity contribution in [3.05, 3.63) is 29.8 Å². The van der Waals surface area contributed by atoms with Gasteiger partial charge in [-0.1, -0.05) is 24.3 Å². The van der Waals surface area contributed by atoms with Crippen LogP contribution in [0.15, 0.2) is 24.3 Å². The fourth-order valence-electron chi connectivity index (χ4n) is 3.30. The van der Waals surface area contributed by atoms with Gasteiger partial charge in [0.25, 0.3) is 0 Å². The molecule has 4 nitrogen and oxygen atoms in total. The maximum absolute atomic E-state index is 6.16. The highest BCUT2D eigenvalue weighted by molar-refractivity contribution is 6.62. The molecule has 0 amide bonds. The van der Waals surface area contributed by atoms with E-state index in [1.54, 1.807) is 0 Å². The number of piperidine rings is 1. The lowest BCUT2D eigenvalue weighted by Crippen LogP contribution is -2.41. The van der Waals surface area contributed by atoms with E-state index >= 15 is 0 Å². The summed E-state index contributed by atoms with van der Waals surface area (Å²) in [4.78, 5) is 2.40. The number of nitrogens with one attached hydrogen (secondary N) is 1. The van der Waals surface area contributed by atoms with Crippen molar-refractivity contribution in [3.63, 3.8) is 0 Å². The summed E-state index contributed by atoms with van der Waals surface area (Å²) in [5.41, 5.74) is 1.82. The zero-order valence-corrected chi connectivity index (χ0v) is 15.8. The minimum atomic E-state index is -0.292. The molecule has 2 saturated heterocycles. The first-order valence-corrected chi connectivity index (χ1v) is 9.13. The van der Waals surface area contributed by atoms with Crippen molar-refractivity contribution in [1.82, 2.24) is 10.2 Å². The number of nitrogens with zero attached hydrogens (tertiary/aromatic N) is 1. The molecule has 3 rings (SSSR count).